The number of anilines is 2. The highest BCUT2D eigenvalue weighted by Crippen LogP contribution is 2.27. The number of aliphatic hydroxyl groups excluding tert-OH is 1. The average molecular weight is 455 g/mol. The van der Waals surface area contributed by atoms with Crippen LogP contribution in [0.15, 0.2) is 36.7 Å². The molecule has 7 nitrogen and oxygen atoms in total. The lowest BCUT2D eigenvalue weighted by molar-refractivity contribution is -0.0490. The van der Waals surface area contributed by atoms with Crippen molar-refractivity contribution in [3.63, 3.8) is 0 Å². The molecule has 7 heteroatoms. The van der Waals surface area contributed by atoms with E-state index >= 15 is 0 Å². The van der Waals surface area contributed by atoms with E-state index in [0.717, 1.165) is 49.1 Å². The van der Waals surface area contributed by atoms with Crippen LogP contribution < -0.4 is 9.80 Å². The molecular weight excluding hydrogens is 416 g/mol. The van der Waals surface area contributed by atoms with Crippen LogP contribution in [0, 0.1) is 0 Å². The van der Waals surface area contributed by atoms with Crippen molar-refractivity contribution >= 4 is 11.4 Å². The van der Waals surface area contributed by atoms with Gasteiger partial charge in [0.05, 0.1) is 49.7 Å². The summed E-state index contributed by atoms with van der Waals surface area (Å²) in [7, 11) is 0. The summed E-state index contributed by atoms with van der Waals surface area (Å²) in [6, 6.07) is 8.80. The van der Waals surface area contributed by atoms with Crippen molar-refractivity contribution in [3.8, 4) is 0 Å². The Morgan fingerprint density at radius 1 is 1.00 bits per heavy atom. The topological polar surface area (TPSA) is 71.0 Å². The molecule has 4 rings (SSSR count). The van der Waals surface area contributed by atoms with Gasteiger partial charge in [0.25, 0.3) is 0 Å². The van der Waals surface area contributed by atoms with Gasteiger partial charge in [-0.25, -0.2) is 0 Å². The van der Waals surface area contributed by atoms with E-state index in [-0.39, 0.29) is 12.0 Å². The Morgan fingerprint density at radius 2 is 1.73 bits per heavy atom. The number of ether oxygens (including phenoxy) is 2. The molecule has 1 N–H and O–H groups in total. The highest BCUT2D eigenvalue weighted by molar-refractivity contribution is 5.47. The van der Waals surface area contributed by atoms with E-state index in [0.29, 0.717) is 31.5 Å². The van der Waals surface area contributed by atoms with E-state index in [1.54, 1.807) is 0 Å². The van der Waals surface area contributed by atoms with E-state index < -0.39 is 6.10 Å². The number of pyridine rings is 2. The summed E-state index contributed by atoms with van der Waals surface area (Å²) in [6.45, 7) is 13.1. The van der Waals surface area contributed by atoms with E-state index in [4.69, 9.17) is 14.5 Å². The fourth-order valence-corrected chi connectivity index (χ4v) is 4.67. The first-order chi connectivity index (χ1) is 15.9. The van der Waals surface area contributed by atoms with Gasteiger partial charge in [0.1, 0.15) is 6.10 Å². The molecule has 3 unspecified atom stereocenters. The van der Waals surface area contributed by atoms with E-state index in [9.17, 15) is 5.11 Å². The molecule has 180 valence electrons. The minimum absolute atomic E-state index is 0.141. The first-order valence-corrected chi connectivity index (χ1v) is 12.2. The van der Waals surface area contributed by atoms with Crippen molar-refractivity contribution in [3.05, 3.63) is 48.0 Å². The Morgan fingerprint density at radius 3 is 2.39 bits per heavy atom. The van der Waals surface area contributed by atoms with Gasteiger partial charge in [-0.05, 0) is 43.5 Å². The highest BCUT2D eigenvalue weighted by Gasteiger charge is 2.29. The van der Waals surface area contributed by atoms with Gasteiger partial charge < -0.3 is 24.4 Å². The van der Waals surface area contributed by atoms with Crippen molar-refractivity contribution in [2.24, 2.45) is 0 Å². The van der Waals surface area contributed by atoms with Gasteiger partial charge in [-0.3, -0.25) is 9.97 Å². The van der Waals surface area contributed by atoms with Gasteiger partial charge in [0.15, 0.2) is 0 Å². The van der Waals surface area contributed by atoms with Gasteiger partial charge in [0.2, 0.25) is 0 Å². The summed E-state index contributed by atoms with van der Waals surface area (Å²) in [5.41, 5.74) is 4.31. The molecule has 0 saturated carbocycles. The first kappa shape index (κ1) is 23.9. The van der Waals surface area contributed by atoms with Crippen LogP contribution in [-0.4, -0.2) is 72.8 Å². The monoisotopic (exact) mass is 454 g/mol. The lowest BCUT2D eigenvalue weighted by atomic mass is 9.95. The molecule has 2 aromatic rings. The standard InChI is InChI=1S/C26H38N4O3/c1-18(2)23-7-5-21(14-27-23)29-9-12-33-26(16-29)25(31)13-19(3)24-8-6-22(15-28-24)30-10-11-32-17-20(30)4/h5-8,14-15,18-20,25-26,31H,9-13,16-17H2,1-4H3/t19?,20-,25?,26?/m1/s1. The predicted octanol–water partition coefficient (Wildman–Crippen LogP) is 3.59. The average Bonchev–Trinajstić information content (AvgIpc) is 2.84. The molecule has 2 saturated heterocycles. The lowest BCUT2D eigenvalue weighted by Crippen LogP contribution is -2.48. The Bertz CT molecular complexity index is 874. The minimum atomic E-state index is -0.550. The maximum absolute atomic E-state index is 11.0. The predicted molar refractivity (Wildman–Crippen MR) is 131 cm³/mol. The summed E-state index contributed by atoms with van der Waals surface area (Å²) >= 11 is 0. The molecule has 2 aromatic heterocycles. The fourth-order valence-electron chi connectivity index (χ4n) is 4.67. The second kappa shape index (κ2) is 10.8. The van der Waals surface area contributed by atoms with E-state index in [2.05, 4.69) is 66.7 Å². The Balaban J connectivity index is 1.33. The third-order valence-electron chi connectivity index (χ3n) is 6.82. The smallest absolute Gasteiger partial charge is 0.101 e. The largest absolute Gasteiger partial charge is 0.390 e. The zero-order valence-electron chi connectivity index (χ0n) is 20.4. The van der Waals surface area contributed by atoms with Crippen LogP contribution in [0.3, 0.4) is 0 Å². The van der Waals surface area contributed by atoms with Crippen molar-refractivity contribution in [2.45, 2.75) is 64.2 Å². The quantitative estimate of drug-likeness (QED) is 0.686. The van der Waals surface area contributed by atoms with Crippen LogP contribution in [0.25, 0.3) is 0 Å². The van der Waals surface area contributed by atoms with Crippen LogP contribution in [-0.2, 0) is 9.47 Å². The SMILES string of the molecule is CC(C)c1ccc(N2CCOC(C(O)CC(C)c3ccc(N4CCOC[C@H]4C)cn3)C2)cn1. The zero-order valence-corrected chi connectivity index (χ0v) is 20.4. The molecule has 0 bridgehead atoms. The Labute approximate surface area is 197 Å². The van der Waals surface area contributed by atoms with Crippen molar-refractivity contribution < 1.29 is 14.6 Å². The van der Waals surface area contributed by atoms with Gasteiger partial charge in [-0.15, -0.1) is 0 Å². The molecule has 0 aromatic carbocycles. The second-order valence-corrected chi connectivity index (χ2v) is 9.71. The summed E-state index contributed by atoms with van der Waals surface area (Å²) in [4.78, 5) is 13.9. The molecule has 33 heavy (non-hydrogen) atoms. The van der Waals surface area contributed by atoms with Crippen LogP contribution in [0.2, 0.25) is 0 Å². The van der Waals surface area contributed by atoms with Crippen molar-refractivity contribution in [2.75, 3.05) is 49.3 Å². The molecular formula is C26H38N4O3. The van der Waals surface area contributed by atoms with Gasteiger partial charge >= 0.3 is 0 Å². The number of aliphatic hydroxyl groups is 1. The van der Waals surface area contributed by atoms with Crippen molar-refractivity contribution in [1.29, 1.82) is 0 Å². The minimum Gasteiger partial charge on any atom is -0.390 e. The number of rotatable bonds is 7. The van der Waals surface area contributed by atoms with Crippen LogP contribution >= 0.6 is 0 Å². The third-order valence-corrected chi connectivity index (χ3v) is 6.82. The van der Waals surface area contributed by atoms with Crippen LogP contribution in [0.4, 0.5) is 11.4 Å². The summed E-state index contributed by atoms with van der Waals surface area (Å²) in [5.74, 6) is 0.557. The molecule has 2 aliphatic heterocycles. The molecule has 0 spiro atoms. The molecule has 2 aliphatic rings. The number of morpholine rings is 2. The second-order valence-electron chi connectivity index (χ2n) is 9.71. The summed E-state index contributed by atoms with van der Waals surface area (Å²) in [6.07, 6.45) is 3.73. The maximum Gasteiger partial charge on any atom is 0.101 e. The van der Waals surface area contributed by atoms with Gasteiger partial charge in [-0.2, -0.15) is 0 Å². The fraction of sp³-hybridized carbons (Fsp3) is 0.615. The van der Waals surface area contributed by atoms with Crippen molar-refractivity contribution in [1.82, 2.24) is 9.97 Å². The number of hydrogen-bond donors (Lipinski definition) is 1. The number of hydrogen-bond acceptors (Lipinski definition) is 7. The summed E-state index contributed by atoms with van der Waals surface area (Å²) < 4.78 is 11.5. The van der Waals surface area contributed by atoms with E-state index in [1.165, 1.54) is 0 Å². The van der Waals surface area contributed by atoms with E-state index in [1.807, 2.05) is 12.4 Å². The van der Waals surface area contributed by atoms with Gasteiger partial charge in [0, 0.05) is 43.0 Å². The molecule has 4 atom stereocenters. The van der Waals surface area contributed by atoms with Crippen LogP contribution in [0.5, 0.6) is 0 Å². The molecule has 0 amide bonds. The lowest BCUT2D eigenvalue weighted by Gasteiger charge is -2.37. The number of aromatic nitrogens is 2. The Hall–Kier alpha value is -2.22. The van der Waals surface area contributed by atoms with Crippen LogP contribution in [0.1, 0.15) is 57.3 Å². The normalized spacial score (nSPS) is 23.6. The summed E-state index contributed by atoms with van der Waals surface area (Å²) in [5, 5.41) is 11.0. The number of nitrogens with zero attached hydrogens (tertiary/aromatic N) is 4. The first-order valence-electron chi connectivity index (χ1n) is 12.2. The van der Waals surface area contributed by atoms with Gasteiger partial charge in [-0.1, -0.05) is 20.8 Å². The molecule has 2 fully saturated rings. The highest BCUT2D eigenvalue weighted by atomic mass is 16.5. The maximum atomic E-state index is 11.0. The zero-order chi connectivity index (χ0) is 23.4. The Kier molecular flexibility index (Phi) is 7.83. The molecule has 4 heterocycles. The molecule has 0 aliphatic carbocycles. The third kappa shape index (κ3) is 5.83. The molecule has 0 radical (unpaired) electrons.